The third kappa shape index (κ3) is 4.78. The first kappa shape index (κ1) is 12.7. The molecule has 0 aromatic rings. The Kier molecular flexibility index (Phi) is 5.30. The molecule has 0 bridgehead atoms. The smallest absolute Gasteiger partial charge is 0.131 e. The SMILES string of the molecule is CC(=O)CCN(CC(C)C)C1CCCC1. The highest BCUT2D eigenvalue weighted by Gasteiger charge is 2.22. The number of hydrogen-bond acceptors (Lipinski definition) is 2. The van der Waals surface area contributed by atoms with Gasteiger partial charge >= 0.3 is 0 Å². The molecule has 1 aliphatic carbocycles. The van der Waals surface area contributed by atoms with Crippen molar-refractivity contribution in [1.82, 2.24) is 4.90 Å². The van der Waals surface area contributed by atoms with E-state index >= 15 is 0 Å². The van der Waals surface area contributed by atoms with Gasteiger partial charge < -0.3 is 0 Å². The number of Topliss-reactive ketones (excluding diaryl/α,β-unsaturated/α-hetero) is 1. The summed E-state index contributed by atoms with van der Waals surface area (Å²) in [5.74, 6) is 1.03. The molecular weight excluding hydrogens is 186 g/mol. The highest BCUT2D eigenvalue weighted by atomic mass is 16.1. The van der Waals surface area contributed by atoms with E-state index in [1.165, 1.54) is 25.7 Å². The first-order chi connectivity index (χ1) is 7.09. The Morgan fingerprint density at radius 2 is 1.93 bits per heavy atom. The summed E-state index contributed by atoms with van der Waals surface area (Å²) in [5.41, 5.74) is 0. The summed E-state index contributed by atoms with van der Waals surface area (Å²) in [7, 11) is 0. The van der Waals surface area contributed by atoms with Crippen molar-refractivity contribution in [2.75, 3.05) is 13.1 Å². The standard InChI is InChI=1S/C13H25NO/c1-11(2)10-14(9-8-12(3)15)13-6-4-5-7-13/h11,13H,4-10H2,1-3H3. The molecule has 0 heterocycles. The minimum Gasteiger partial charge on any atom is -0.300 e. The van der Waals surface area contributed by atoms with Crippen LogP contribution in [0.3, 0.4) is 0 Å². The molecular formula is C13H25NO. The van der Waals surface area contributed by atoms with Gasteiger partial charge in [0.2, 0.25) is 0 Å². The average Bonchev–Trinajstić information content (AvgIpc) is 2.63. The van der Waals surface area contributed by atoms with Crippen LogP contribution in [0.5, 0.6) is 0 Å². The molecule has 1 rings (SSSR count). The van der Waals surface area contributed by atoms with E-state index in [4.69, 9.17) is 0 Å². The van der Waals surface area contributed by atoms with Gasteiger partial charge in [0.05, 0.1) is 0 Å². The van der Waals surface area contributed by atoms with E-state index in [0.29, 0.717) is 11.7 Å². The lowest BCUT2D eigenvalue weighted by Crippen LogP contribution is -2.37. The summed E-state index contributed by atoms with van der Waals surface area (Å²) in [6, 6.07) is 0.756. The molecule has 0 spiro atoms. The second-order valence-electron chi connectivity index (χ2n) is 5.28. The van der Waals surface area contributed by atoms with Gasteiger partial charge in [-0.3, -0.25) is 9.69 Å². The van der Waals surface area contributed by atoms with Gasteiger partial charge in [-0.1, -0.05) is 26.7 Å². The Hall–Kier alpha value is -0.370. The van der Waals surface area contributed by atoms with Gasteiger partial charge in [0, 0.05) is 25.6 Å². The summed E-state index contributed by atoms with van der Waals surface area (Å²) in [5, 5.41) is 0. The molecule has 0 saturated heterocycles. The second kappa shape index (κ2) is 6.26. The van der Waals surface area contributed by atoms with Gasteiger partial charge in [0.15, 0.2) is 0 Å². The van der Waals surface area contributed by atoms with Crippen LogP contribution < -0.4 is 0 Å². The molecule has 0 amide bonds. The van der Waals surface area contributed by atoms with Gasteiger partial charge in [-0.05, 0) is 25.7 Å². The molecule has 0 aromatic carbocycles. The van der Waals surface area contributed by atoms with Crippen molar-refractivity contribution in [2.45, 2.75) is 58.9 Å². The van der Waals surface area contributed by atoms with E-state index in [-0.39, 0.29) is 0 Å². The minimum atomic E-state index is 0.321. The highest BCUT2D eigenvalue weighted by Crippen LogP contribution is 2.24. The van der Waals surface area contributed by atoms with Crippen molar-refractivity contribution in [3.8, 4) is 0 Å². The number of nitrogens with zero attached hydrogens (tertiary/aromatic N) is 1. The van der Waals surface area contributed by atoms with Crippen LogP contribution in [0.25, 0.3) is 0 Å². The minimum absolute atomic E-state index is 0.321. The first-order valence-electron chi connectivity index (χ1n) is 6.33. The van der Waals surface area contributed by atoms with Gasteiger partial charge in [0.1, 0.15) is 5.78 Å². The van der Waals surface area contributed by atoms with Gasteiger partial charge in [0.25, 0.3) is 0 Å². The topological polar surface area (TPSA) is 20.3 Å². The number of carbonyl (C=O) groups excluding carboxylic acids is 1. The Bertz CT molecular complexity index is 195. The van der Waals surface area contributed by atoms with Crippen LogP contribution in [0.4, 0.5) is 0 Å². The van der Waals surface area contributed by atoms with Crippen molar-refractivity contribution < 1.29 is 4.79 Å². The van der Waals surface area contributed by atoms with Gasteiger partial charge in [-0.25, -0.2) is 0 Å². The second-order valence-corrected chi connectivity index (χ2v) is 5.28. The van der Waals surface area contributed by atoms with Crippen LogP contribution in [-0.2, 0) is 4.79 Å². The zero-order chi connectivity index (χ0) is 11.3. The van der Waals surface area contributed by atoms with E-state index in [9.17, 15) is 4.79 Å². The number of carbonyl (C=O) groups is 1. The van der Waals surface area contributed by atoms with Crippen LogP contribution in [0, 0.1) is 5.92 Å². The molecule has 2 nitrogen and oxygen atoms in total. The molecule has 0 N–H and O–H groups in total. The fourth-order valence-corrected chi connectivity index (χ4v) is 2.46. The fraction of sp³-hybridized carbons (Fsp3) is 0.923. The van der Waals surface area contributed by atoms with Crippen molar-refractivity contribution in [2.24, 2.45) is 5.92 Å². The van der Waals surface area contributed by atoms with E-state index < -0.39 is 0 Å². The zero-order valence-corrected chi connectivity index (χ0v) is 10.5. The van der Waals surface area contributed by atoms with Crippen LogP contribution >= 0.6 is 0 Å². The fourth-order valence-electron chi connectivity index (χ4n) is 2.46. The molecule has 1 fully saturated rings. The van der Waals surface area contributed by atoms with Crippen LogP contribution in [0.15, 0.2) is 0 Å². The monoisotopic (exact) mass is 211 g/mol. The molecule has 0 aliphatic heterocycles. The summed E-state index contributed by atoms with van der Waals surface area (Å²) in [6.07, 6.45) is 6.15. The number of rotatable bonds is 6. The first-order valence-corrected chi connectivity index (χ1v) is 6.33. The highest BCUT2D eigenvalue weighted by molar-refractivity contribution is 5.75. The predicted octanol–water partition coefficient (Wildman–Crippen LogP) is 2.87. The lowest BCUT2D eigenvalue weighted by molar-refractivity contribution is -0.117. The summed E-state index contributed by atoms with van der Waals surface area (Å²) >= 11 is 0. The normalized spacial score (nSPS) is 17.9. The van der Waals surface area contributed by atoms with Crippen LogP contribution in [-0.4, -0.2) is 29.8 Å². The Morgan fingerprint density at radius 1 is 1.33 bits per heavy atom. The van der Waals surface area contributed by atoms with Crippen molar-refractivity contribution in [3.05, 3.63) is 0 Å². The molecule has 1 aliphatic rings. The molecule has 15 heavy (non-hydrogen) atoms. The maximum absolute atomic E-state index is 11.0. The van der Waals surface area contributed by atoms with E-state index in [1.807, 2.05) is 0 Å². The van der Waals surface area contributed by atoms with Gasteiger partial charge in [-0.15, -0.1) is 0 Å². The summed E-state index contributed by atoms with van der Waals surface area (Å²) in [4.78, 5) is 13.6. The van der Waals surface area contributed by atoms with Crippen molar-refractivity contribution >= 4 is 5.78 Å². The quantitative estimate of drug-likeness (QED) is 0.673. The maximum atomic E-state index is 11.0. The van der Waals surface area contributed by atoms with Crippen molar-refractivity contribution in [1.29, 1.82) is 0 Å². The lowest BCUT2D eigenvalue weighted by Gasteiger charge is -2.30. The lowest BCUT2D eigenvalue weighted by atomic mass is 10.1. The summed E-state index contributed by atoms with van der Waals surface area (Å²) in [6.45, 7) is 8.34. The number of ketones is 1. The Balaban J connectivity index is 2.40. The Labute approximate surface area is 94.0 Å². The molecule has 88 valence electrons. The number of hydrogen-bond donors (Lipinski definition) is 0. The van der Waals surface area contributed by atoms with Gasteiger partial charge in [-0.2, -0.15) is 0 Å². The van der Waals surface area contributed by atoms with Crippen LogP contribution in [0.1, 0.15) is 52.9 Å². The third-order valence-electron chi connectivity index (χ3n) is 3.19. The van der Waals surface area contributed by atoms with E-state index in [2.05, 4.69) is 18.7 Å². The summed E-state index contributed by atoms with van der Waals surface area (Å²) < 4.78 is 0. The van der Waals surface area contributed by atoms with E-state index in [1.54, 1.807) is 6.92 Å². The predicted molar refractivity (Wildman–Crippen MR) is 64.0 cm³/mol. The Morgan fingerprint density at radius 3 is 2.40 bits per heavy atom. The molecule has 0 radical (unpaired) electrons. The molecule has 1 saturated carbocycles. The van der Waals surface area contributed by atoms with Crippen molar-refractivity contribution in [3.63, 3.8) is 0 Å². The largest absolute Gasteiger partial charge is 0.300 e. The van der Waals surface area contributed by atoms with E-state index in [0.717, 1.165) is 25.6 Å². The maximum Gasteiger partial charge on any atom is 0.131 e. The third-order valence-corrected chi connectivity index (χ3v) is 3.19. The molecule has 0 atom stereocenters. The van der Waals surface area contributed by atoms with Crippen LogP contribution in [0.2, 0.25) is 0 Å². The average molecular weight is 211 g/mol. The molecule has 0 unspecified atom stereocenters. The molecule has 2 heteroatoms. The molecule has 0 aromatic heterocycles. The zero-order valence-electron chi connectivity index (χ0n) is 10.5.